The first-order valence-corrected chi connectivity index (χ1v) is 4.27. The Morgan fingerprint density at radius 2 is 2.33 bits per heavy atom. The number of hydrogen-bond acceptors (Lipinski definition) is 5. The number of pyridine rings is 1. The van der Waals surface area contributed by atoms with E-state index in [0.29, 0.717) is 12.1 Å². The predicted molar refractivity (Wildman–Crippen MR) is 52.5 cm³/mol. The molecule has 0 saturated carbocycles. The third-order valence-corrected chi connectivity index (χ3v) is 1.82. The Morgan fingerprint density at radius 3 is 3.00 bits per heavy atom. The van der Waals surface area contributed by atoms with Crippen LogP contribution in [0.5, 0.6) is 0 Å². The molecule has 0 amide bonds. The van der Waals surface area contributed by atoms with Gasteiger partial charge in [-0.1, -0.05) is 0 Å². The van der Waals surface area contributed by atoms with E-state index >= 15 is 0 Å². The van der Waals surface area contributed by atoms with Crippen LogP contribution in [0.15, 0.2) is 24.8 Å². The van der Waals surface area contributed by atoms with Crippen molar-refractivity contribution in [1.29, 1.82) is 5.26 Å². The van der Waals surface area contributed by atoms with E-state index in [0.717, 1.165) is 5.56 Å². The number of anilines is 1. The zero-order valence-corrected chi connectivity index (χ0v) is 7.83. The number of nitrogens with two attached hydrogens (primary N) is 1. The fraction of sp³-hybridized carbons (Fsp3) is 0.111. The van der Waals surface area contributed by atoms with Crippen molar-refractivity contribution in [2.75, 3.05) is 5.73 Å². The van der Waals surface area contributed by atoms with Gasteiger partial charge in [-0.15, -0.1) is 5.10 Å². The highest BCUT2D eigenvalue weighted by Gasteiger charge is 1.99. The highest BCUT2D eigenvalue weighted by Crippen LogP contribution is 2.03. The summed E-state index contributed by atoms with van der Waals surface area (Å²) in [6.07, 6.45) is 4.73. The number of aromatic nitrogens is 4. The average molecular weight is 200 g/mol. The molecule has 0 saturated heterocycles. The minimum atomic E-state index is 0.236. The molecule has 2 aromatic rings. The maximum atomic E-state index is 8.69. The molecule has 0 unspecified atom stereocenters. The van der Waals surface area contributed by atoms with Crippen LogP contribution in [0.25, 0.3) is 0 Å². The van der Waals surface area contributed by atoms with Crippen molar-refractivity contribution in [1.82, 2.24) is 19.7 Å². The third-order valence-electron chi connectivity index (χ3n) is 1.82. The van der Waals surface area contributed by atoms with Crippen LogP contribution in [0, 0.1) is 11.3 Å². The molecule has 2 heterocycles. The minimum Gasteiger partial charge on any atom is -0.367 e. The molecule has 6 heteroatoms. The molecule has 0 fully saturated rings. The number of nitrogens with zero attached hydrogens (tertiary/aromatic N) is 5. The van der Waals surface area contributed by atoms with Crippen LogP contribution in [-0.4, -0.2) is 19.7 Å². The van der Waals surface area contributed by atoms with E-state index in [9.17, 15) is 0 Å². The summed E-state index contributed by atoms with van der Waals surface area (Å²) in [5, 5.41) is 12.6. The van der Waals surface area contributed by atoms with Crippen molar-refractivity contribution >= 4 is 5.95 Å². The highest BCUT2D eigenvalue weighted by molar-refractivity contribution is 5.29. The Labute approximate surface area is 86.0 Å². The second kappa shape index (κ2) is 3.75. The molecule has 2 aromatic heterocycles. The second-order valence-electron chi connectivity index (χ2n) is 2.99. The van der Waals surface area contributed by atoms with Gasteiger partial charge in [0, 0.05) is 12.4 Å². The number of rotatable bonds is 2. The molecule has 0 spiro atoms. The van der Waals surface area contributed by atoms with Gasteiger partial charge in [0.25, 0.3) is 0 Å². The van der Waals surface area contributed by atoms with Crippen LogP contribution < -0.4 is 5.73 Å². The lowest BCUT2D eigenvalue weighted by molar-refractivity contribution is 0.685. The minimum absolute atomic E-state index is 0.236. The number of nitrogen functional groups attached to an aromatic ring is 1. The Bertz CT molecular complexity index is 509. The predicted octanol–water partition coefficient (Wildman–Crippen LogP) is 0.175. The van der Waals surface area contributed by atoms with Gasteiger partial charge in [-0.3, -0.25) is 4.98 Å². The summed E-state index contributed by atoms with van der Waals surface area (Å²) >= 11 is 0. The molecule has 0 aliphatic carbocycles. The largest absolute Gasteiger partial charge is 0.367 e. The molecule has 6 nitrogen and oxygen atoms in total. The maximum Gasteiger partial charge on any atom is 0.239 e. The van der Waals surface area contributed by atoms with Crippen LogP contribution in [0.4, 0.5) is 5.95 Å². The fourth-order valence-electron chi connectivity index (χ4n) is 1.21. The first-order valence-electron chi connectivity index (χ1n) is 4.27. The zero-order valence-electron chi connectivity index (χ0n) is 7.83. The van der Waals surface area contributed by atoms with E-state index in [2.05, 4.69) is 15.1 Å². The van der Waals surface area contributed by atoms with Gasteiger partial charge < -0.3 is 5.73 Å². The molecule has 0 aromatic carbocycles. The SMILES string of the molecule is N#Cc1cncc(Cn2cnc(N)n2)c1. The second-order valence-corrected chi connectivity index (χ2v) is 2.99. The van der Waals surface area contributed by atoms with Gasteiger partial charge in [0.2, 0.25) is 5.95 Å². The van der Waals surface area contributed by atoms with Crippen LogP contribution in [0.2, 0.25) is 0 Å². The van der Waals surface area contributed by atoms with E-state index < -0.39 is 0 Å². The standard InChI is InChI=1S/C9H8N6/c10-2-7-1-8(4-12-3-7)5-15-6-13-9(11)14-15/h1,3-4,6H,5H2,(H2,11,14). The van der Waals surface area contributed by atoms with Crippen molar-refractivity contribution in [3.63, 3.8) is 0 Å². The highest BCUT2D eigenvalue weighted by atomic mass is 15.4. The quantitative estimate of drug-likeness (QED) is 0.746. The normalized spacial score (nSPS) is 9.80. The molecular weight excluding hydrogens is 192 g/mol. The monoisotopic (exact) mass is 200 g/mol. The molecule has 2 N–H and O–H groups in total. The summed E-state index contributed by atoms with van der Waals surface area (Å²) in [7, 11) is 0. The molecule has 15 heavy (non-hydrogen) atoms. The van der Waals surface area contributed by atoms with Crippen LogP contribution in [0.1, 0.15) is 11.1 Å². The van der Waals surface area contributed by atoms with E-state index in [-0.39, 0.29) is 5.95 Å². The van der Waals surface area contributed by atoms with Gasteiger partial charge in [0.15, 0.2) is 0 Å². The van der Waals surface area contributed by atoms with Crippen molar-refractivity contribution in [3.8, 4) is 6.07 Å². The molecule has 74 valence electrons. The van der Waals surface area contributed by atoms with Gasteiger partial charge in [0.1, 0.15) is 12.4 Å². The van der Waals surface area contributed by atoms with Gasteiger partial charge in [-0.2, -0.15) is 5.26 Å². The van der Waals surface area contributed by atoms with Gasteiger partial charge in [0.05, 0.1) is 12.1 Å². The average Bonchev–Trinajstić information content (AvgIpc) is 2.64. The smallest absolute Gasteiger partial charge is 0.239 e. The molecule has 2 rings (SSSR count). The third kappa shape index (κ3) is 2.08. The molecule has 0 aliphatic rings. The molecule has 0 bridgehead atoms. The lowest BCUT2D eigenvalue weighted by Crippen LogP contribution is -2.01. The Morgan fingerprint density at radius 1 is 1.47 bits per heavy atom. The van der Waals surface area contributed by atoms with Crippen molar-refractivity contribution in [3.05, 3.63) is 35.9 Å². The Kier molecular flexibility index (Phi) is 2.29. The van der Waals surface area contributed by atoms with E-state index in [4.69, 9.17) is 11.0 Å². The first-order chi connectivity index (χ1) is 7.28. The summed E-state index contributed by atoms with van der Waals surface area (Å²) in [4.78, 5) is 7.74. The number of nitriles is 1. The van der Waals surface area contributed by atoms with Crippen molar-refractivity contribution < 1.29 is 0 Å². The zero-order chi connectivity index (χ0) is 10.7. The number of hydrogen-bond donors (Lipinski definition) is 1. The fourth-order valence-corrected chi connectivity index (χ4v) is 1.21. The van der Waals surface area contributed by atoms with E-state index in [1.807, 2.05) is 6.07 Å². The van der Waals surface area contributed by atoms with Crippen LogP contribution >= 0.6 is 0 Å². The first kappa shape index (κ1) is 9.15. The van der Waals surface area contributed by atoms with Gasteiger partial charge >= 0.3 is 0 Å². The van der Waals surface area contributed by atoms with Gasteiger partial charge in [-0.25, -0.2) is 9.67 Å². The summed E-state index contributed by atoms with van der Waals surface area (Å²) in [6.45, 7) is 0.507. The summed E-state index contributed by atoms with van der Waals surface area (Å²) < 4.78 is 1.59. The lowest BCUT2D eigenvalue weighted by Gasteiger charge is -1.99. The molecule has 0 atom stereocenters. The Balaban J connectivity index is 2.21. The van der Waals surface area contributed by atoms with Gasteiger partial charge in [-0.05, 0) is 11.6 Å². The van der Waals surface area contributed by atoms with Crippen LogP contribution in [0.3, 0.4) is 0 Å². The molecule has 0 radical (unpaired) electrons. The lowest BCUT2D eigenvalue weighted by atomic mass is 10.2. The summed E-state index contributed by atoms with van der Waals surface area (Å²) in [5.41, 5.74) is 6.79. The van der Waals surface area contributed by atoms with E-state index in [1.165, 1.54) is 12.5 Å². The maximum absolute atomic E-state index is 8.69. The molecule has 0 aliphatic heterocycles. The summed E-state index contributed by atoms with van der Waals surface area (Å²) in [6, 6.07) is 3.78. The van der Waals surface area contributed by atoms with Crippen LogP contribution in [-0.2, 0) is 6.54 Å². The topological polar surface area (TPSA) is 93.4 Å². The van der Waals surface area contributed by atoms with Crippen molar-refractivity contribution in [2.24, 2.45) is 0 Å². The van der Waals surface area contributed by atoms with Crippen molar-refractivity contribution in [2.45, 2.75) is 6.54 Å². The molecular formula is C9H8N6. The van der Waals surface area contributed by atoms with E-state index in [1.54, 1.807) is 16.9 Å². The Hall–Kier alpha value is -2.42. The summed E-state index contributed by atoms with van der Waals surface area (Å²) in [5.74, 6) is 0.236.